The molecule has 94 valence electrons. The van der Waals surface area contributed by atoms with E-state index in [0.717, 1.165) is 6.20 Å². The van der Waals surface area contributed by atoms with Gasteiger partial charge in [-0.15, -0.1) is 0 Å². The number of nitrogens with zero attached hydrogens (tertiary/aromatic N) is 2. The van der Waals surface area contributed by atoms with Crippen LogP contribution in [0.2, 0.25) is 0 Å². The van der Waals surface area contributed by atoms with E-state index in [2.05, 4.69) is 4.98 Å². The van der Waals surface area contributed by atoms with Gasteiger partial charge < -0.3 is 4.74 Å². The molecule has 6 nitrogen and oxygen atoms in total. The minimum atomic E-state index is -0.541. The number of pyridine rings is 1. The maximum Gasteiger partial charge on any atom is 0.311 e. The van der Waals surface area contributed by atoms with Gasteiger partial charge in [-0.3, -0.25) is 19.9 Å². The standard InChI is InChI=1S/C9H10N2O4.C2H6/c1-2-15-9(12)5-7-3-4-8(6-10-7)11(13)14;1-2/h3-4,6H,2,5H2,1H3;1-2H3. The molecule has 1 heterocycles. The van der Waals surface area contributed by atoms with E-state index in [1.165, 1.54) is 12.1 Å². The van der Waals surface area contributed by atoms with Crippen molar-refractivity contribution in [1.29, 1.82) is 0 Å². The van der Waals surface area contributed by atoms with Gasteiger partial charge in [0, 0.05) is 6.07 Å². The van der Waals surface area contributed by atoms with Gasteiger partial charge in [-0.1, -0.05) is 13.8 Å². The SMILES string of the molecule is CC.CCOC(=O)Cc1ccc([N+](=O)[O-])cn1. The molecule has 0 bridgehead atoms. The van der Waals surface area contributed by atoms with Crippen LogP contribution in [0.5, 0.6) is 0 Å². The van der Waals surface area contributed by atoms with E-state index in [-0.39, 0.29) is 18.1 Å². The largest absolute Gasteiger partial charge is 0.466 e. The van der Waals surface area contributed by atoms with Crippen molar-refractivity contribution in [2.24, 2.45) is 0 Å². The van der Waals surface area contributed by atoms with Gasteiger partial charge in [0.15, 0.2) is 0 Å². The number of hydrogen-bond donors (Lipinski definition) is 0. The first-order valence-electron chi connectivity index (χ1n) is 5.38. The lowest BCUT2D eigenvalue weighted by molar-refractivity contribution is -0.385. The lowest BCUT2D eigenvalue weighted by Gasteiger charge is -2.00. The molecule has 0 atom stereocenters. The van der Waals surface area contributed by atoms with E-state index in [1.54, 1.807) is 6.92 Å². The summed E-state index contributed by atoms with van der Waals surface area (Å²) in [5, 5.41) is 10.3. The summed E-state index contributed by atoms with van der Waals surface area (Å²) in [7, 11) is 0. The highest BCUT2D eigenvalue weighted by Crippen LogP contribution is 2.09. The lowest BCUT2D eigenvalue weighted by atomic mass is 10.2. The van der Waals surface area contributed by atoms with Gasteiger partial charge in [0.2, 0.25) is 0 Å². The highest BCUT2D eigenvalue weighted by Gasteiger charge is 2.08. The Morgan fingerprint density at radius 2 is 2.12 bits per heavy atom. The van der Waals surface area contributed by atoms with Crippen LogP contribution in [0.1, 0.15) is 26.5 Å². The number of aromatic nitrogens is 1. The average molecular weight is 240 g/mol. The van der Waals surface area contributed by atoms with Crippen molar-refractivity contribution in [2.45, 2.75) is 27.2 Å². The monoisotopic (exact) mass is 240 g/mol. The van der Waals surface area contributed by atoms with Crippen molar-refractivity contribution in [3.8, 4) is 0 Å². The van der Waals surface area contributed by atoms with Crippen molar-refractivity contribution < 1.29 is 14.5 Å². The molecule has 0 saturated heterocycles. The van der Waals surface area contributed by atoms with Gasteiger partial charge in [0.05, 0.1) is 23.6 Å². The molecule has 0 aliphatic carbocycles. The number of carbonyl (C=O) groups is 1. The predicted octanol–water partition coefficient (Wildman–Crippen LogP) is 2.12. The fraction of sp³-hybridized carbons (Fsp3) is 0.455. The van der Waals surface area contributed by atoms with E-state index in [1.807, 2.05) is 13.8 Å². The van der Waals surface area contributed by atoms with Crippen LogP contribution in [-0.4, -0.2) is 22.5 Å². The van der Waals surface area contributed by atoms with Gasteiger partial charge in [0.1, 0.15) is 6.20 Å². The van der Waals surface area contributed by atoms with Crippen molar-refractivity contribution >= 4 is 11.7 Å². The second-order valence-electron chi connectivity index (χ2n) is 2.75. The number of rotatable bonds is 4. The Morgan fingerprint density at radius 3 is 2.53 bits per heavy atom. The molecule has 0 aliphatic heterocycles. The molecule has 0 radical (unpaired) electrons. The lowest BCUT2D eigenvalue weighted by Crippen LogP contribution is -2.08. The van der Waals surface area contributed by atoms with Crippen molar-refractivity contribution in [3.63, 3.8) is 0 Å². The minimum Gasteiger partial charge on any atom is -0.466 e. The topological polar surface area (TPSA) is 82.3 Å². The second-order valence-corrected chi connectivity index (χ2v) is 2.75. The molecule has 0 spiro atoms. The third-order valence-corrected chi connectivity index (χ3v) is 1.65. The Labute approximate surface area is 99.8 Å². The molecule has 0 fully saturated rings. The van der Waals surface area contributed by atoms with Crippen LogP contribution in [0.15, 0.2) is 18.3 Å². The summed E-state index contributed by atoms with van der Waals surface area (Å²) in [6.07, 6.45) is 1.15. The van der Waals surface area contributed by atoms with E-state index in [0.29, 0.717) is 12.3 Å². The fourth-order valence-electron chi connectivity index (χ4n) is 0.989. The van der Waals surface area contributed by atoms with Crippen LogP contribution in [0.4, 0.5) is 5.69 Å². The van der Waals surface area contributed by atoms with E-state index < -0.39 is 4.92 Å². The zero-order valence-electron chi connectivity index (χ0n) is 10.2. The fourth-order valence-corrected chi connectivity index (χ4v) is 0.989. The van der Waals surface area contributed by atoms with Crippen molar-refractivity contribution in [2.75, 3.05) is 6.61 Å². The molecule has 0 aliphatic rings. The third kappa shape index (κ3) is 5.60. The number of hydrogen-bond acceptors (Lipinski definition) is 5. The third-order valence-electron chi connectivity index (χ3n) is 1.65. The molecule has 17 heavy (non-hydrogen) atoms. The van der Waals surface area contributed by atoms with Crippen LogP contribution in [0, 0.1) is 10.1 Å². The highest BCUT2D eigenvalue weighted by atomic mass is 16.6. The van der Waals surface area contributed by atoms with Gasteiger partial charge >= 0.3 is 5.97 Å². The van der Waals surface area contributed by atoms with E-state index in [9.17, 15) is 14.9 Å². The molecule has 0 N–H and O–H groups in total. The predicted molar refractivity (Wildman–Crippen MR) is 62.6 cm³/mol. The summed E-state index contributed by atoms with van der Waals surface area (Å²) < 4.78 is 4.71. The van der Waals surface area contributed by atoms with Gasteiger partial charge in [0.25, 0.3) is 5.69 Å². The Balaban J connectivity index is 0.00000121. The van der Waals surface area contributed by atoms with Gasteiger partial charge in [-0.25, -0.2) is 0 Å². The second kappa shape index (κ2) is 8.20. The summed E-state index contributed by atoms with van der Waals surface area (Å²) in [5.74, 6) is -0.390. The zero-order valence-corrected chi connectivity index (χ0v) is 10.2. The molecule has 1 aromatic rings. The molecule has 0 saturated carbocycles. The van der Waals surface area contributed by atoms with Crippen LogP contribution >= 0.6 is 0 Å². The summed E-state index contributed by atoms with van der Waals surface area (Å²) in [4.78, 5) is 24.6. The molecular formula is C11H16N2O4. The molecule has 0 aromatic carbocycles. The zero-order chi connectivity index (χ0) is 13.3. The molecule has 0 amide bonds. The van der Waals surface area contributed by atoms with Crippen LogP contribution in [0.25, 0.3) is 0 Å². The van der Waals surface area contributed by atoms with Gasteiger partial charge in [-0.2, -0.15) is 0 Å². The highest BCUT2D eigenvalue weighted by molar-refractivity contribution is 5.71. The molecule has 1 aromatic heterocycles. The Kier molecular flexibility index (Phi) is 7.25. The smallest absolute Gasteiger partial charge is 0.311 e. The normalized spacial score (nSPS) is 8.88. The Bertz CT molecular complexity index is 362. The van der Waals surface area contributed by atoms with Crippen LogP contribution < -0.4 is 0 Å². The summed E-state index contributed by atoms with van der Waals surface area (Å²) in [6, 6.07) is 2.75. The van der Waals surface area contributed by atoms with Crippen molar-refractivity contribution in [3.05, 3.63) is 34.1 Å². The summed E-state index contributed by atoms with van der Waals surface area (Å²) in [5.41, 5.74) is 0.363. The maximum absolute atomic E-state index is 11.0. The van der Waals surface area contributed by atoms with Gasteiger partial charge in [-0.05, 0) is 13.0 Å². The van der Waals surface area contributed by atoms with Crippen LogP contribution in [0.3, 0.4) is 0 Å². The number of esters is 1. The Hall–Kier alpha value is -1.98. The Morgan fingerprint density at radius 1 is 1.47 bits per heavy atom. The first kappa shape index (κ1) is 15.0. The van der Waals surface area contributed by atoms with E-state index in [4.69, 9.17) is 4.74 Å². The minimum absolute atomic E-state index is 0.0336. The first-order valence-corrected chi connectivity index (χ1v) is 5.38. The van der Waals surface area contributed by atoms with E-state index >= 15 is 0 Å². The maximum atomic E-state index is 11.0. The average Bonchev–Trinajstić information content (AvgIpc) is 2.32. The summed E-state index contributed by atoms with van der Waals surface area (Å²) in [6.45, 7) is 6.02. The molecule has 1 rings (SSSR count). The van der Waals surface area contributed by atoms with Crippen molar-refractivity contribution in [1.82, 2.24) is 4.98 Å². The number of nitro groups is 1. The first-order chi connectivity index (χ1) is 8.13. The number of carbonyl (C=O) groups excluding carboxylic acids is 1. The quantitative estimate of drug-likeness (QED) is 0.457. The molecular weight excluding hydrogens is 224 g/mol. The summed E-state index contributed by atoms with van der Waals surface area (Å²) >= 11 is 0. The molecule has 6 heteroatoms. The molecule has 0 unspecified atom stereocenters. The van der Waals surface area contributed by atoms with Crippen LogP contribution in [-0.2, 0) is 16.0 Å². The number of ether oxygens (including phenoxy) is 1.